The van der Waals surface area contributed by atoms with Gasteiger partial charge < -0.3 is 15.4 Å². The molecular weight excluding hydrogens is 288 g/mol. The van der Waals surface area contributed by atoms with Crippen molar-refractivity contribution in [2.24, 2.45) is 4.99 Å². The van der Waals surface area contributed by atoms with Crippen molar-refractivity contribution in [1.82, 2.24) is 15.5 Å². The van der Waals surface area contributed by atoms with E-state index in [9.17, 15) is 0 Å². The molecule has 0 aliphatic heterocycles. The van der Waals surface area contributed by atoms with Crippen LogP contribution < -0.4 is 10.6 Å². The van der Waals surface area contributed by atoms with Gasteiger partial charge in [-0.05, 0) is 33.4 Å². The fourth-order valence-electron chi connectivity index (χ4n) is 2.02. The highest BCUT2D eigenvalue weighted by molar-refractivity contribution is 5.79. The fourth-order valence-corrected chi connectivity index (χ4v) is 2.02. The first-order valence-electron chi connectivity index (χ1n) is 8.12. The van der Waals surface area contributed by atoms with E-state index in [2.05, 4.69) is 58.8 Å². The lowest BCUT2D eigenvalue weighted by Crippen LogP contribution is -2.48. The normalized spacial score (nSPS) is 14.0. The number of methoxy groups -OCH3 is 1. The Morgan fingerprint density at radius 3 is 2.48 bits per heavy atom. The topological polar surface area (TPSA) is 48.9 Å². The predicted octanol–water partition coefficient (Wildman–Crippen LogP) is 2.10. The van der Waals surface area contributed by atoms with E-state index in [-0.39, 0.29) is 5.60 Å². The van der Waals surface area contributed by atoms with E-state index in [1.165, 1.54) is 5.56 Å². The van der Waals surface area contributed by atoms with E-state index in [1.54, 1.807) is 14.2 Å². The Hall–Kier alpha value is -1.59. The van der Waals surface area contributed by atoms with Gasteiger partial charge in [0.05, 0.1) is 5.60 Å². The van der Waals surface area contributed by atoms with Gasteiger partial charge in [0, 0.05) is 39.8 Å². The zero-order valence-corrected chi connectivity index (χ0v) is 15.4. The average molecular weight is 320 g/mol. The number of likely N-dealkylation sites (N-methyl/N-ethyl adjacent to an activating group) is 1. The fraction of sp³-hybridized carbons (Fsp3) is 0.611. The summed E-state index contributed by atoms with van der Waals surface area (Å²) in [6, 6.07) is 10.9. The molecule has 0 spiro atoms. The van der Waals surface area contributed by atoms with Crippen LogP contribution in [0.1, 0.15) is 26.3 Å². The molecule has 23 heavy (non-hydrogen) atoms. The van der Waals surface area contributed by atoms with Crippen molar-refractivity contribution in [2.45, 2.75) is 39.0 Å². The summed E-state index contributed by atoms with van der Waals surface area (Å²) in [6.07, 6.45) is 0. The van der Waals surface area contributed by atoms with Crippen LogP contribution in [0.3, 0.4) is 0 Å². The van der Waals surface area contributed by atoms with Crippen LogP contribution in [0.15, 0.2) is 35.3 Å². The van der Waals surface area contributed by atoms with Crippen LogP contribution in [0.25, 0.3) is 0 Å². The largest absolute Gasteiger partial charge is 0.377 e. The Kier molecular flexibility index (Phi) is 8.06. The third-order valence-electron chi connectivity index (χ3n) is 4.05. The molecule has 0 saturated heterocycles. The Morgan fingerprint density at radius 1 is 1.26 bits per heavy atom. The molecule has 1 unspecified atom stereocenters. The summed E-state index contributed by atoms with van der Waals surface area (Å²) in [5.41, 5.74) is 1.11. The summed E-state index contributed by atoms with van der Waals surface area (Å²) < 4.78 is 5.41. The van der Waals surface area contributed by atoms with E-state index in [1.807, 2.05) is 19.9 Å². The van der Waals surface area contributed by atoms with Crippen molar-refractivity contribution in [2.75, 3.05) is 34.3 Å². The van der Waals surface area contributed by atoms with Gasteiger partial charge in [0.2, 0.25) is 0 Å². The van der Waals surface area contributed by atoms with E-state index in [0.29, 0.717) is 12.6 Å². The van der Waals surface area contributed by atoms with Gasteiger partial charge in [-0.3, -0.25) is 9.89 Å². The highest BCUT2D eigenvalue weighted by Gasteiger charge is 2.17. The van der Waals surface area contributed by atoms with Crippen LogP contribution in [0.5, 0.6) is 0 Å². The number of benzene rings is 1. The Bertz CT molecular complexity index is 473. The summed E-state index contributed by atoms with van der Waals surface area (Å²) in [4.78, 5) is 6.59. The molecule has 2 N–H and O–H groups in total. The van der Waals surface area contributed by atoms with Gasteiger partial charge in [-0.1, -0.05) is 30.3 Å². The molecule has 5 heteroatoms. The number of rotatable bonds is 8. The van der Waals surface area contributed by atoms with Crippen molar-refractivity contribution < 1.29 is 4.74 Å². The predicted molar refractivity (Wildman–Crippen MR) is 97.8 cm³/mol. The lowest BCUT2D eigenvalue weighted by molar-refractivity contribution is 0.0268. The number of nitrogens with one attached hydrogen (secondary N) is 2. The summed E-state index contributed by atoms with van der Waals surface area (Å²) >= 11 is 0. The van der Waals surface area contributed by atoms with Crippen molar-refractivity contribution >= 4 is 5.96 Å². The number of hydrogen-bond donors (Lipinski definition) is 2. The van der Waals surface area contributed by atoms with E-state index in [0.717, 1.165) is 19.0 Å². The van der Waals surface area contributed by atoms with E-state index in [4.69, 9.17) is 4.74 Å². The summed E-state index contributed by atoms with van der Waals surface area (Å²) in [5, 5.41) is 6.67. The van der Waals surface area contributed by atoms with Gasteiger partial charge in [0.1, 0.15) is 0 Å². The molecule has 0 radical (unpaired) electrons. The monoisotopic (exact) mass is 320 g/mol. The molecule has 0 aliphatic carbocycles. The molecule has 0 aromatic heterocycles. The smallest absolute Gasteiger partial charge is 0.191 e. The number of hydrogen-bond acceptors (Lipinski definition) is 3. The zero-order chi connectivity index (χ0) is 17.3. The minimum atomic E-state index is -0.215. The molecule has 0 saturated carbocycles. The maximum atomic E-state index is 5.41. The van der Waals surface area contributed by atoms with Crippen LogP contribution in [-0.4, -0.2) is 56.8 Å². The average Bonchev–Trinajstić information content (AvgIpc) is 2.55. The van der Waals surface area contributed by atoms with Crippen molar-refractivity contribution in [3.05, 3.63) is 35.9 Å². The van der Waals surface area contributed by atoms with Gasteiger partial charge in [-0.15, -0.1) is 0 Å². The molecule has 0 amide bonds. The molecule has 0 aliphatic rings. The third-order valence-corrected chi connectivity index (χ3v) is 4.05. The maximum Gasteiger partial charge on any atom is 0.191 e. The first-order chi connectivity index (χ1) is 10.9. The summed E-state index contributed by atoms with van der Waals surface area (Å²) in [6.45, 7) is 8.77. The molecule has 0 heterocycles. The maximum absolute atomic E-state index is 5.41. The van der Waals surface area contributed by atoms with Crippen LogP contribution in [-0.2, 0) is 11.3 Å². The van der Waals surface area contributed by atoms with Crippen LogP contribution >= 0.6 is 0 Å². The molecule has 0 fully saturated rings. The Labute approximate surface area is 141 Å². The quantitative estimate of drug-likeness (QED) is 0.569. The number of guanidine groups is 1. The second-order valence-corrected chi connectivity index (χ2v) is 6.52. The minimum absolute atomic E-state index is 0.215. The molecule has 0 bridgehead atoms. The Balaban J connectivity index is 2.39. The first kappa shape index (κ1) is 19.5. The van der Waals surface area contributed by atoms with Gasteiger partial charge in [0.15, 0.2) is 5.96 Å². The van der Waals surface area contributed by atoms with Crippen LogP contribution in [0.4, 0.5) is 0 Å². The van der Waals surface area contributed by atoms with Crippen molar-refractivity contribution in [1.29, 1.82) is 0 Å². The molecule has 130 valence electrons. The SMILES string of the molecule is CN=C(NCC(C)N(C)Cc1ccccc1)NCC(C)(C)OC. The van der Waals surface area contributed by atoms with Gasteiger partial charge >= 0.3 is 0 Å². The van der Waals surface area contributed by atoms with Crippen LogP contribution in [0.2, 0.25) is 0 Å². The first-order valence-corrected chi connectivity index (χ1v) is 8.12. The van der Waals surface area contributed by atoms with Gasteiger partial charge in [-0.2, -0.15) is 0 Å². The molecule has 1 aromatic carbocycles. The van der Waals surface area contributed by atoms with Crippen molar-refractivity contribution in [3.8, 4) is 0 Å². The highest BCUT2D eigenvalue weighted by atomic mass is 16.5. The number of aliphatic imine (C=N–C) groups is 1. The highest BCUT2D eigenvalue weighted by Crippen LogP contribution is 2.06. The van der Waals surface area contributed by atoms with Crippen LogP contribution in [0, 0.1) is 0 Å². The summed E-state index contributed by atoms with van der Waals surface area (Å²) in [7, 11) is 5.65. The zero-order valence-electron chi connectivity index (χ0n) is 15.4. The lowest BCUT2D eigenvalue weighted by atomic mass is 10.1. The molecule has 1 rings (SSSR count). The summed E-state index contributed by atoms with van der Waals surface area (Å²) in [5.74, 6) is 0.801. The van der Waals surface area contributed by atoms with Gasteiger partial charge in [0.25, 0.3) is 0 Å². The molecule has 1 aromatic rings. The standard InChI is InChI=1S/C18H32N4O/c1-15(22(5)13-16-10-8-7-9-11-16)12-20-17(19-4)21-14-18(2,3)23-6/h7-11,15H,12-14H2,1-6H3,(H2,19,20,21). The third kappa shape index (κ3) is 7.48. The number of nitrogens with zero attached hydrogens (tertiary/aromatic N) is 2. The molecule has 5 nitrogen and oxygen atoms in total. The van der Waals surface area contributed by atoms with Gasteiger partial charge in [-0.25, -0.2) is 0 Å². The number of ether oxygens (including phenoxy) is 1. The van der Waals surface area contributed by atoms with E-state index >= 15 is 0 Å². The molecule has 1 atom stereocenters. The lowest BCUT2D eigenvalue weighted by Gasteiger charge is -2.27. The second kappa shape index (κ2) is 9.53. The minimum Gasteiger partial charge on any atom is -0.377 e. The van der Waals surface area contributed by atoms with Crippen molar-refractivity contribution in [3.63, 3.8) is 0 Å². The second-order valence-electron chi connectivity index (χ2n) is 6.52. The molecular formula is C18H32N4O. The Morgan fingerprint density at radius 2 is 1.91 bits per heavy atom. The van der Waals surface area contributed by atoms with E-state index < -0.39 is 0 Å².